The van der Waals surface area contributed by atoms with Crippen molar-refractivity contribution in [2.24, 2.45) is 10.8 Å². The van der Waals surface area contributed by atoms with Crippen LogP contribution in [0.3, 0.4) is 0 Å². The molecule has 0 spiro atoms. The van der Waals surface area contributed by atoms with Crippen LogP contribution in [0.4, 0.5) is 0 Å². The number of esters is 6. The zero-order chi connectivity index (χ0) is 36.9. The number of hydrogen-bond donors (Lipinski definition) is 0. The Hall–Kier alpha value is -4.56. The minimum Gasteiger partial charge on any atom is -0.464 e. The number of rotatable bonds is 24. The number of carbonyl (C=O) groups excluding carboxylic acids is 6. The van der Waals surface area contributed by atoms with Crippen molar-refractivity contribution in [3.63, 3.8) is 0 Å². The van der Waals surface area contributed by atoms with Gasteiger partial charge in [-0.15, -0.1) is 0 Å². The first-order valence-corrected chi connectivity index (χ1v) is 14.7. The van der Waals surface area contributed by atoms with Gasteiger partial charge in [-0.2, -0.15) is 0 Å². The van der Waals surface area contributed by atoms with Gasteiger partial charge >= 0.3 is 35.8 Å². The zero-order valence-electron chi connectivity index (χ0n) is 28.8. The molecule has 0 saturated carbocycles. The second-order valence-electron chi connectivity index (χ2n) is 11.5. The van der Waals surface area contributed by atoms with Crippen LogP contribution in [0.1, 0.15) is 40.5 Å². The summed E-state index contributed by atoms with van der Waals surface area (Å²) in [7, 11) is 2.75. The molecule has 0 fully saturated rings. The third-order valence-corrected chi connectivity index (χ3v) is 6.15. The Kier molecular flexibility index (Phi) is 20.0. The molecule has 0 aliphatic heterocycles. The average molecular weight is 681 g/mol. The summed E-state index contributed by atoms with van der Waals surface area (Å²) in [5, 5.41) is 0. The van der Waals surface area contributed by atoms with Crippen molar-refractivity contribution in [1.82, 2.24) is 0 Å². The minimum atomic E-state index is -1.24. The maximum atomic E-state index is 12.5. The number of carbonyl (C=O) groups is 6. The first kappa shape index (κ1) is 43.4. The van der Waals surface area contributed by atoms with Gasteiger partial charge in [0.25, 0.3) is 0 Å². The van der Waals surface area contributed by atoms with Crippen molar-refractivity contribution in [3.05, 3.63) is 60.8 Å². The van der Waals surface area contributed by atoms with Crippen molar-refractivity contribution in [1.29, 1.82) is 0 Å². The molecule has 0 aromatic carbocycles. The highest BCUT2D eigenvalue weighted by Gasteiger charge is 2.37. The van der Waals surface area contributed by atoms with Crippen molar-refractivity contribution >= 4 is 35.8 Å². The van der Waals surface area contributed by atoms with Crippen LogP contribution in [0.15, 0.2) is 60.8 Å². The van der Waals surface area contributed by atoms with Crippen molar-refractivity contribution in [2.45, 2.75) is 40.5 Å². The maximum absolute atomic E-state index is 12.5. The van der Waals surface area contributed by atoms with Crippen LogP contribution in [0.5, 0.6) is 0 Å². The second kappa shape index (κ2) is 22.1. The van der Waals surface area contributed by atoms with Crippen LogP contribution < -0.4 is 0 Å². The van der Waals surface area contributed by atoms with Gasteiger partial charge in [0.15, 0.2) is 0 Å². The van der Waals surface area contributed by atoms with Gasteiger partial charge in [-0.05, 0) is 27.7 Å². The van der Waals surface area contributed by atoms with E-state index in [9.17, 15) is 28.8 Å². The van der Waals surface area contributed by atoms with E-state index in [1.54, 1.807) is 0 Å². The van der Waals surface area contributed by atoms with Crippen molar-refractivity contribution < 1.29 is 66.7 Å². The third-order valence-electron chi connectivity index (χ3n) is 6.15. The van der Waals surface area contributed by atoms with Gasteiger partial charge in [-0.3, -0.25) is 9.59 Å². The van der Waals surface area contributed by atoms with E-state index >= 15 is 0 Å². The van der Waals surface area contributed by atoms with E-state index in [0.717, 1.165) is 0 Å². The Morgan fingerprint density at radius 3 is 0.875 bits per heavy atom. The fourth-order valence-corrected chi connectivity index (χ4v) is 3.42. The van der Waals surface area contributed by atoms with E-state index in [1.807, 2.05) is 0 Å². The highest BCUT2D eigenvalue weighted by atomic mass is 16.6. The van der Waals surface area contributed by atoms with E-state index in [0.29, 0.717) is 0 Å². The molecule has 0 atom stereocenters. The Balaban J connectivity index is 5.39. The topological polar surface area (TPSA) is 176 Å². The van der Waals surface area contributed by atoms with Crippen molar-refractivity contribution in [2.75, 3.05) is 67.1 Å². The number of ether oxygens (including phenoxy) is 8. The Morgan fingerprint density at radius 1 is 0.438 bits per heavy atom. The molecule has 0 heterocycles. The number of hydrogen-bond acceptors (Lipinski definition) is 14. The normalized spacial score (nSPS) is 11.2. The van der Waals surface area contributed by atoms with Gasteiger partial charge in [0.05, 0.1) is 36.9 Å². The van der Waals surface area contributed by atoms with Gasteiger partial charge < -0.3 is 37.9 Å². The molecule has 0 unspecified atom stereocenters. The fraction of sp³-hybridized carbons (Fsp3) is 0.529. The quantitative estimate of drug-likeness (QED) is 0.0629. The molecule has 0 radical (unpaired) electrons. The minimum absolute atomic E-state index is 0.0990. The predicted octanol–water partition coefficient (Wildman–Crippen LogP) is 3.15. The molecule has 0 bridgehead atoms. The lowest BCUT2D eigenvalue weighted by Crippen LogP contribution is -2.43. The molecule has 0 aromatic heterocycles. The maximum Gasteiger partial charge on any atom is 0.333 e. The molecule has 14 heteroatoms. The van der Waals surface area contributed by atoms with Gasteiger partial charge in [0.2, 0.25) is 0 Å². The summed E-state index contributed by atoms with van der Waals surface area (Å²) in [4.78, 5) is 73.1. The summed E-state index contributed by atoms with van der Waals surface area (Å²) in [5.41, 5.74) is -1.91. The summed E-state index contributed by atoms with van der Waals surface area (Å²) >= 11 is 0. The third kappa shape index (κ3) is 17.4. The van der Waals surface area contributed by atoms with Crippen LogP contribution in [-0.2, 0) is 66.7 Å². The van der Waals surface area contributed by atoms with E-state index in [-0.39, 0.29) is 88.0 Å². The smallest absolute Gasteiger partial charge is 0.333 e. The van der Waals surface area contributed by atoms with E-state index in [4.69, 9.17) is 37.9 Å². The molecule has 0 aliphatic carbocycles. The predicted molar refractivity (Wildman–Crippen MR) is 172 cm³/mol. The SMILES string of the molecule is C=C(C)C(=O)OCC(COC)(COC(=O)C/C=C/CC(=O)OCC(COC)(COC(=O)C(=C)C)COC(=O)C(=C)C)COC(=O)C(=C)C. The van der Waals surface area contributed by atoms with Gasteiger partial charge in [-0.25, -0.2) is 19.2 Å². The van der Waals surface area contributed by atoms with Crippen LogP contribution >= 0.6 is 0 Å². The largest absolute Gasteiger partial charge is 0.464 e. The summed E-state index contributed by atoms with van der Waals surface area (Å²) in [5.74, 6) is -4.16. The molecule has 0 rings (SSSR count). The first-order chi connectivity index (χ1) is 22.4. The lowest BCUT2D eigenvalue weighted by atomic mass is 9.92. The summed E-state index contributed by atoms with van der Waals surface area (Å²) in [6, 6.07) is 0. The Labute approximate surface area is 281 Å². The van der Waals surface area contributed by atoms with E-state index in [2.05, 4.69) is 26.3 Å². The van der Waals surface area contributed by atoms with Crippen LogP contribution in [0.25, 0.3) is 0 Å². The highest BCUT2D eigenvalue weighted by Crippen LogP contribution is 2.23. The molecular formula is C34H48O14. The van der Waals surface area contributed by atoms with Crippen LogP contribution in [-0.4, -0.2) is 103 Å². The Bertz CT molecular complexity index is 1090. The fourth-order valence-electron chi connectivity index (χ4n) is 3.42. The van der Waals surface area contributed by atoms with Crippen molar-refractivity contribution in [3.8, 4) is 0 Å². The standard InChI is InChI=1S/C34H48O14/c1-23(2)29(37)45-19-33(15-41-9,20-46-30(38)24(3)4)17-43-27(35)13-11-12-14-28(36)44-18-34(16-42-10,21-47-31(39)25(5)6)22-48-32(40)26(7)8/h11-12H,1,3,5,7,13-22H2,2,4,6,8-10H3/b12-11+. The lowest BCUT2D eigenvalue weighted by molar-refractivity contribution is -0.165. The Morgan fingerprint density at radius 2 is 0.667 bits per heavy atom. The van der Waals surface area contributed by atoms with Gasteiger partial charge in [-0.1, -0.05) is 38.5 Å². The highest BCUT2D eigenvalue weighted by molar-refractivity contribution is 5.88. The van der Waals surface area contributed by atoms with E-state index < -0.39 is 46.6 Å². The van der Waals surface area contributed by atoms with Gasteiger partial charge in [0, 0.05) is 36.5 Å². The van der Waals surface area contributed by atoms with Crippen LogP contribution in [0, 0.1) is 10.8 Å². The molecule has 268 valence electrons. The zero-order valence-corrected chi connectivity index (χ0v) is 28.8. The van der Waals surface area contributed by atoms with E-state index in [1.165, 1.54) is 54.1 Å². The molecule has 0 aliphatic rings. The monoisotopic (exact) mass is 680 g/mol. The van der Waals surface area contributed by atoms with Crippen LogP contribution in [0.2, 0.25) is 0 Å². The molecule has 0 amide bonds. The second-order valence-corrected chi connectivity index (χ2v) is 11.5. The summed E-state index contributed by atoms with van der Waals surface area (Å²) < 4.78 is 42.2. The molecule has 0 N–H and O–H groups in total. The molecule has 0 saturated heterocycles. The van der Waals surface area contributed by atoms with Gasteiger partial charge in [0.1, 0.15) is 39.6 Å². The molecular weight excluding hydrogens is 632 g/mol. The summed E-state index contributed by atoms with van der Waals surface area (Å²) in [6.45, 7) is 17.8. The molecule has 0 aromatic rings. The summed E-state index contributed by atoms with van der Waals surface area (Å²) in [6.07, 6.45) is 2.29. The number of methoxy groups -OCH3 is 2. The molecule has 48 heavy (non-hydrogen) atoms. The first-order valence-electron chi connectivity index (χ1n) is 14.7. The molecule has 14 nitrogen and oxygen atoms in total. The lowest BCUT2D eigenvalue weighted by Gasteiger charge is -2.31. The average Bonchev–Trinajstić information content (AvgIpc) is 3.03.